The minimum absolute atomic E-state index is 0.171. The molecule has 0 amide bonds. The zero-order chi connectivity index (χ0) is 17.3. The van der Waals surface area contributed by atoms with Crippen LogP contribution in [0.1, 0.15) is 96.8 Å². The summed E-state index contributed by atoms with van der Waals surface area (Å²) in [4.78, 5) is 0. The first-order chi connectivity index (χ1) is 11.8. The van der Waals surface area contributed by atoms with Crippen LogP contribution < -0.4 is 3.61 Å². The van der Waals surface area contributed by atoms with Gasteiger partial charge in [0, 0.05) is 0 Å². The quantitative estimate of drug-likeness (QED) is 0.224. The van der Waals surface area contributed by atoms with Gasteiger partial charge in [0.2, 0.25) is 0 Å². The summed E-state index contributed by atoms with van der Waals surface area (Å²) in [6, 6.07) is 7.88. The molecule has 0 aliphatic heterocycles. The molecular weight excluding hydrogens is 408 g/mol. The van der Waals surface area contributed by atoms with Crippen molar-refractivity contribution >= 4 is 24.5 Å². The van der Waals surface area contributed by atoms with Gasteiger partial charge in [0.25, 0.3) is 0 Å². The topological polar surface area (TPSA) is 20.2 Å². The summed E-state index contributed by atoms with van der Waals surface area (Å²) in [5, 5.41) is 9.76. The maximum atomic E-state index is 9.76. The van der Waals surface area contributed by atoms with Crippen LogP contribution in [0.5, 0.6) is 5.75 Å². The van der Waals surface area contributed by atoms with Gasteiger partial charge in [-0.15, -0.1) is 0 Å². The Kier molecular flexibility index (Phi) is 14.8. The molecule has 1 N–H and O–H groups in total. The molecule has 0 spiro atoms. The van der Waals surface area contributed by atoms with Gasteiger partial charge in [-0.25, -0.2) is 0 Å². The van der Waals surface area contributed by atoms with Gasteiger partial charge in [0.05, 0.1) is 0 Å². The van der Waals surface area contributed by atoms with Gasteiger partial charge < -0.3 is 0 Å². The predicted octanol–water partition coefficient (Wildman–Crippen LogP) is 6.62. The van der Waals surface area contributed by atoms with Gasteiger partial charge in [-0.05, 0) is 0 Å². The Hall–Kier alpha value is -0.190. The van der Waals surface area contributed by atoms with Crippen molar-refractivity contribution in [2.75, 3.05) is 0 Å². The summed E-state index contributed by atoms with van der Waals surface area (Å²) >= 11 is -0.171. The fraction of sp³-hybridized carbons (Fsp3) is 0.727. The second kappa shape index (κ2) is 16.3. The Morgan fingerprint density at radius 3 is 1.62 bits per heavy atom. The first-order valence-electron chi connectivity index (χ1n) is 10.3. The molecule has 138 valence electrons. The molecule has 0 aliphatic carbocycles. The number of phenolic OH excluding ortho intramolecular Hbond substituents is 1. The molecule has 2 heteroatoms. The number of hydrogen-bond acceptors (Lipinski definition) is 1. The van der Waals surface area contributed by atoms with E-state index >= 15 is 0 Å². The van der Waals surface area contributed by atoms with Gasteiger partial charge in [-0.3, -0.25) is 0 Å². The molecule has 1 aromatic carbocycles. The summed E-state index contributed by atoms with van der Waals surface area (Å²) in [5.41, 5.74) is 0. The average Bonchev–Trinajstić information content (AvgIpc) is 2.60. The van der Waals surface area contributed by atoms with E-state index in [2.05, 4.69) is 13.0 Å². The van der Waals surface area contributed by atoms with Gasteiger partial charge in [-0.2, -0.15) is 0 Å². The molecule has 24 heavy (non-hydrogen) atoms. The summed E-state index contributed by atoms with van der Waals surface area (Å²) in [6.07, 6.45) is 20.0. The summed E-state index contributed by atoms with van der Waals surface area (Å²) in [5.74, 6) is 0.519. The van der Waals surface area contributed by atoms with Crippen molar-refractivity contribution in [3.63, 3.8) is 0 Å². The predicted molar refractivity (Wildman–Crippen MR) is 109 cm³/mol. The maximum absolute atomic E-state index is 9.76. The standard InChI is InChI=1S/C22H38OTe/c1-2-3-4-5-6-7-8-9-10-11-12-13-14-17-20-24-22-19-16-15-18-21(22)23/h15-16,18-19,23H,2-14,17,20H2,1H3. The summed E-state index contributed by atoms with van der Waals surface area (Å²) in [6.45, 7) is 2.29. The molecule has 0 saturated heterocycles. The third kappa shape index (κ3) is 12.2. The Balaban J connectivity index is 1.77. The SMILES string of the molecule is CCCCCCCCCCCCCCCC[Te]c1ccccc1O. The molecule has 1 nitrogen and oxygen atoms in total. The van der Waals surface area contributed by atoms with E-state index in [4.69, 9.17) is 0 Å². The Morgan fingerprint density at radius 2 is 1.12 bits per heavy atom. The molecule has 0 fully saturated rings. The van der Waals surface area contributed by atoms with Crippen molar-refractivity contribution in [2.24, 2.45) is 0 Å². The first kappa shape index (κ1) is 21.9. The van der Waals surface area contributed by atoms with Crippen molar-refractivity contribution in [1.82, 2.24) is 0 Å². The van der Waals surface area contributed by atoms with E-state index in [1.165, 1.54) is 98.0 Å². The second-order valence-corrected chi connectivity index (χ2v) is 10.2. The number of rotatable bonds is 16. The van der Waals surface area contributed by atoms with Crippen molar-refractivity contribution < 1.29 is 5.11 Å². The molecule has 1 aromatic rings. The van der Waals surface area contributed by atoms with Crippen LogP contribution in [-0.2, 0) is 0 Å². The normalized spacial score (nSPS) is 11.0. The Bertz CT molecular complexity index is 391. The van der Waals surface area contributed by atoms with E-state index in [0.29, 0.717) is 5.75 Å². The molecule has 1 rings (SSSR count). The first-order valence-corrected chi connectivity index (χ1v) is 13.1. The van der Waals surface area contributed by atoms with E-state index in [9.17, 15) is 5.11 Å². The molecule has 0 atom stereocenters. The summed E-state index contributed by atoms with van der Waals surface area (Å²) in [7, 11) is 0. The summed E-state index contributed by atoms with van der Waals surface area (Å²) < 4.78 is 2.57. The molecule has 0 unspecified atom stereocenters. The Morgan fingerprint density at radius 1 is 0.667 bits per heavy atom. The number of para-hydroxylation sites is 1. The van der Waals surface area contributed by atoms with Crippen LogP contribution in [0.2, 0.25) is 4.47 Å². The molecule has 0 bridgehead atoms. The van der Waals surface area contributed by atoms with E-state index in [1.807, 2.05) is 18.2 Å². The second-order valence-electron chi connectivity index (χ2n) is 6.91. The fourth-order valence-electron chi connectivity index (χ4n) is 3.06. The number of unbranched alkanes of at least 4 members (excludes halogenated alkanes) is 13. The van der Waals surface area contributed by atoms with Gasteiger partial charge in [-0.1, -0.05) is 26.2 Å². The third-order valence-corrected chi connectivity index (χ3v) is 7.90. The number of phenols is 1. The molecule has 0 heterocycles. The Labute approximate surface area is 160 Å². The van der Waals surface area contributed by atoms with Crippen LogP contribution in [0.4, 0.5) is 0 Å². The van der Waals surface area contributed by atoms with E-state index in [0.717, 1.165) is 0 Å². The van der Waals surface area contributed by atoms with E-state index < -0.39 is 0 Å². The average molecular weight is 446 g/mol. The number of hydrogen-bond donors (Lipinski definition) is 1. The molecule has 0 radical (unpaired) electrons. The number of benzene rings is 1. The molecule has 0 aliphatic rings. The van der Waals surface area contributed by atoms with Crippen molar-refractivity contribution in [3.05, 3.63) is 24.3 Å². The zero-order valence-corrected chi connectivity index (χ0v) is 18.1. The third-order valence-electron chi connectivity index (χ3n) is 4.62. The van der Waals surface area contributed by atoms with E-state index in [1.54, 1.807) is 0 Å². The van der Waals surface area contributed by atoms with Crippen molar-refractivity contribution in [1.29, 1.82) is 0 Å². The van der Waals surface area contributed by atoms with Crippen LogP contribution in [-0.4, -0.2) is 26.0 Å². The van der Waals surface area contributed by atoms with Crippen molar-refractivity contribution in [2.45, 2.75) is 101 Å². The molecule has 0 aromatic heterocycles. The monoisotopic (exact) mass is 448 g/mol. The molecule has 0 saturated carbocycles. The van der Waals surface area contributed by atoms with Crippen LogP contribution in [0.25, 0.3) is 0 Å². The van der Waals surface area contributed by atoms with Gasteiger partial charge in [0.15, 0.2) is 0 Å². The van der Waals surface area contributed by atoms with Crippen LogP contribution in [0.3, 0.4) is 0 Å². The zero-order valence-electron chi connectivity index (χ0n) is 15.8. The van der Waals surface area contributed by atoms with Crippen LogP contribution >= 0.6 is 0 Å². The van der Waals surface area contributed by atoms with Gasteiger partial charge in [0.1, 0.15) is 0 Å². The van der Waals surface area contributed by atoms with E-state index in [-0.39, 0.29) is 20.9 Å². The van der Waals surface area contributed by atoms with Gasteiger partial charge >= 0.3 is 135 Å². The number of aromatic hydroxyl groups is 1. The van der Waals surface area contributed by atoms with Crippen LogP contribution in [0, 0.1) is 0 Å². The van der Waals surface area contributed by atoms with Crippen molar-refractivity contribution in [3.8, 4) is 5.75 Å². The minimum atomic E-state index is -0.171. The fourth-order valence-corrected chi connectivity index (χ4v) is 5.80. The van der Waals surface area contributed by atoms with Crippen LogP contribution in [0.15, 0.2) is 24.3 Å². The molecular formula is C22H38OTe.